The molecule has 1 aromatic rings. The molecule has 0 aromatic heterocycles. The van der Waals surface area contributed by atoms with Crippen LogP contribution >= 0.6 is 0 Å². The van der Waals surface area contributed by atoms with Crippen molar-refractivity contribution in [3.8, 4) is 5.75 Å². The molecule has 0 spiro atoms. The van der Waals surface area contributed by atoms with E-state index < -0.39 is 0 Å². The van der Waals surface area contributed by atoms with Gasteiger partial charge < -0.3 is 10.1 Å². The second-order valence-electron chi connectivity index (χ2n) is 5.11. The number of carbonyl (C=O) groups is 1. The van der Waals surface area contributed by atoms with Gasteiger partial charge in [0.15, 0.2) is 0 Å². The molecule has 0 radical (unpaired) electrons. The molecule has 19 heavy (non-hydrogen) atoms. The fourth-order valence-corrected chi connectivity index (χ4v) is 1.40. The minimum atomic E-state index is -0.222. The van der Waals surface area contributed by atoms with Gasteiger partial charge in [0, 0.05) is 11.8 Å². The molecule has 1 amide bonds. The van der Waals surface area contributed by atoms with Crippen LogP contribution in [0.25, 0.3) is 0 Å². The molecule has 0 aliphatic heterocycles. The Morgan fingerprint density at radius 3 is 2.32 bits per heavy atom. The number of benzene rings is 1. The highest BCUT2D eigenvalue weighted by Crippen LogP contribution is 2.20. The van der Waals surface area contributed by atoms with Gasteiger partial charge in [-0.15, -0.1) is 0 Å². The van der Waals surface area contributed by atoms with E-state index in [2.05, 4.69) is 5.32 Å². The molecular weight excluding hydrogens is 238 g/mol. The SMILES string of the molecule is C/C=C/C=C/C(=O)Nc1ccc(OC(C)(C)C)cc1. The van der Waals surface area contributed by atoms with E-state index in [9.17, 15) is 4.79 Å². The number of rotatable bonds is 4. The van der Waals surface area contributed by atoms with Crippen molar-refractivity contribution in [3.63, 3.8) is 0 Å². The molecule has 0 heterocycles. The van der Waals surface area contributed by atoms with E-state index in [4.69, 9.17) is 4.74 Å². The third-order valence-corrected chi connectivity index (χ3v) is 2.10. The predicted octanol–water partition coefficient (Wildman–Crippen LogP) is 3.93. The first kappa shape index (κ1) is 15.0. The molecular formula is C16H21NO2. The van der Waals surface area contributed by atoms with Crippen molar-refractivity contribution in [2.24, 2.45) is 0 Å². The first-order valence-electron chi connectivity index (χ1n) is 6.30. The van der Waals surface area contributed by atoms with Crippen molar-refractivity contribution in [1.29, 1.82) is 0 Å². The maximum atomic E-state index is 11.5. The first-order valence-corrected chi connectivity index (χ1v) is 6.30. The second kappa shape index (κ2) is 6.78. The summed E-state index contributed by atoms with van der Waals surface area (Å²) in [6.45, 7) is 7.88. The molecule has 1 N–H and O–H groups in total. The lowest BCUT2D eigenvalue weighted by molar-refractivity contribution is -0.111. The third-order valence-electron chi connectivity index (χ3n) is 2.10. The van der Waals surface area contributed by atoms with E-state index in [0.29, 0.717) is 0 Å². The topological polar surface area (TPSA) is 38.3 Å². The second-order valence-corrected chi connectivity index (χ2v) is 5.11. The molecule has 1 rings (SSSR count). The molecule has 0 unspecified atom stereocenters. The summed E-state index contributed by atoms with van der Waals surface area (Å²) in [5.74, 6) is 0.637. The fraction of sp³-hybridized carbons (Fsp3) is 0.312. The van der Waals surface area contributed by atoms with Crippen LogP contribution in [0.1, 0.15) is 27.7 Å². The average molecular weight is 259 g/mol. The van der Waals surface area contributed by atoms with Gasteiger partial charge in [-0.2, -0.15) is 0 Å². The number of anilines is 1. The van der Waals surface area contributed by atoms with E-state index in [1.165, 1.54) is 6.08 Å². The van der Waals surface area contributed by atoms with Crippen LogP contribution in [-0.4, -0.2) is 11.5 Å². The van der Waals surface area contributed by atoms with Crippen molar-refractivity contribution < 1.29 is 9.53 Å². The lowest BCUT2D eigenvalue weighted by atomic mass is 10.2. The number of nitrogens with one attached hydrogen (secondary N) is 1. The standard InChI is InChI=1S/C16H21NO2/c1-5-6-7-8-15(18)17-13-9-11-14(12-10-13)19-16(2,3)4/h5-12H,1-4H3,(H,17,18)/b6-5+,8-7+. The summed E-state index contributed by atoms with van der Waals surface area (Å²) in [5, 5.41) is 2.78. The Hall–Kier alpha value is -2.03. The van der Waals surface area contributed by atoms with E-state index in [0.717, 1.165) is 11.4 Å². The summed E-state index contributed by atoms with van der Waals surface area (Å²) < 4.78 is 5.71. The number of carbonyl (C=O) groups excluding carboxylic acids is 1. The van der Waals surface area contributed by atoms with Crippen LogP contribution in [0, 0.1) is 0 Å². The summed E-state index contributed by atoms with van der Waals surface area (Å²) in [4.78, 5) is 11.5. The van der Waals surface area contributed by atoms with Crippen LogP contribution in [0.5, 0.6) is 5.75 Å². The number of allylic oxidation sites excluding steroid dienone is 3. The molecule has 0 aliphatic rings. The molecule has 0 fully saturated rings. The molecule has 0 saturated carbocycles. The lowest BCUT2D eigenvalue weighted by Gasteiger charge is -2.21. The Balaban J connectivity index is 2.59. The van der Waals surface area contributed by atoms with E-state index in [1.54, 1.807) is 12.2 Å². The quantitative estimate of drug-likeness (QED) is 0.657. The van der Waals surface area contributed by atoms with Crippen LogP contribution in [-0.2, 0) is 4.79 Å². The minimum absolute atomic E-state index is 0.150. The van der Waals surface area contributed by atoms with E-state index >= 15 is 0 Å². The van der Waals surface area contributed by atoms with Crippen LogP contribution in [0.15, 0.2) is 48.6 Å². The van der Waals surface area contributed by atoms with Gasteiger partial charge in [0.2, 0.25) is 5.91 Å². The van der Waals surface area contributed by atoms with Crippen LogP contribution in [0.3, 0.4) is 0 Å². The molecule has 0 saturated heterocycles. The lowest BCUT2D eigenvalue weighted by Crippen LogP contribution is -2.22. The number of amides is 1. The van der Waals surface area contributed by atoms with Crippen molar-refractivity contribution in [1.82, 2.24) is 0 Å². The van der Waals surface area contributed by atoms with E-state index in [1.807, 2.05) is 58.0 Å². The Morgan fingerprint density at radius 2 is 1.79 bits per heavy atom. The largest absolute Gasteiger partial charge is 0.488 e. The van der Waals surface area contributed by atoms with Gasteiger partial charge in [-0.25, -0.2) is 0 Å². The molecule has 0 bridgehead atoms. The Morgan fingerprint density at radius 1 is 1.16 bits per heavy atom. The van der Waals surface area contributed by atoms with Gasteiger partial charge in [-0.3, -0.25) is 4.79 Å². The van der Waals surface area contributed by atoms with Crippen molar-refractivity contribution in [2.75, 3.05) is 5.32 Å². The van der Waals surface area contributed by atoms with Gasteiger partial charge in [0.25, 0.3) is 0 Å². The summed E-state index contributed by atoms with van der Waals surface area (Å²) >= 11 is 0. The zero-order valence-electron chi connectivity index (χ0n) is 11.9. The summed E-state index contributed by atoms with van der Waals surface area (Å²) in [6, 6.07) is 7.33. The van der Waals surface area contributed by atoms with Crippen LogP contribution in [0.4, 0.5) is 5.69 Å². The maximum absolute atomic E-state index is 11.5. The Bertz CT molecular complexity index is 465. The van der Waals surface area contributed by atoms with Gasteiger partial charge in [-0.1, -0.05) is 18.2 Å². The highest BCUT2D eigenvalue weighted by molar-refractivity contribution is 5.99. The van der Waals surface area contributed by atoms with Crippen molar-refractivity contribution in [3.05, 3.63) is 48.6 Å². The summed E-state index contributed by atoms with van der Waals surface area (Å²) in [5.41, 5.74) is 0.524. The van der Waals surface area contributed by atoms with Crippen molar-refractivity contribution in [2.45, 2.75) is 33.3 Å². The number of hydrogen-bond donors (Lipinski definition) is 1. The van der Waals surface area contributed by atoms with Crippen LogP contribution in [0.2, 0.25) is 0 Å². The monoisotopic (exact) mass is 259 g/mol. The first-order chi connectivity index (χ1) is 8.90. The highest BCUT2D eigenvalue weighted by atomic mass is 16.5. The minimum Gasteiger partial charge on any atom is -0.488 e. The predicted molar refractivity (Wildman–Crippen MR) is 79.4 cm³/mol. The molecule has 102 valence electrons. The van der Waals surface area contributed by atoms with Gasteiger partial charge >= 0.3 is 0 Å². The average Bonchev–Trinajstić information content (AvgIpc) is 2.30. The Kier molecular flexibility index (Phi) is 5.37. The van der Waals surface area contributed by atoms with Crippen molar-refractivity contribution >= 4 is 11.6 Å². The zero-order chi connectivity index (χ0) is 14.3. The highest BCUT2D eigenvalue weighted by Gasteiger charge is 2.11. The smallest absolute Gasteiger partial charge is 0.248 e. The third kappa shape index (κ3) is 6.46. The Labute approximate surface area is 115 Å². The fourth-order valence-electron chi connectivity index (χ4n) is 1.40. The van der Waals surface area contributed by atoms with E-state index in [-0.39, 0.29) is 11.5 Å². The normalized spacial score (nSPS) is 12.0. The summed E-state index contributed by atoms with van der Waals surface area (Å²) in [7, 11) is 0. The maximum Gasteiger partial charge on any atom is 0.248 e. The summed E-state index contributed by atoms with van der Waals surface area (Å²) in [6.07, 6.45) is 6.86. The van der Waals surface area contributed by atoms with Gasteiger partial charge in [0.05, 0.1) is 0 Å². The van der Waals surface area contributed by atoms with Crippen LogP contribution < -0.4 is 10.1 Å². The van der Waals surface area contributed by atoms with Gasteiger partial charge in [0.1, 0.15) is 11.4 Å². The zero-order valence-corrected chi connectivity index (χ0v) is 11.9. The molecule has 0 aliphatic carbocycles. The van der Waals surface area contributed by atoms with Gasteiger partial charge in [-0.05, 0) is 52.0 Å². The molecule has 0 atom stereocenters. The molecule has 1 aromatic carbocycles. The molecule has 3 nitrogen and oxygen atoms in total. The molecule has 3 heteroatoms. The number of hydrogen-bond acceptors (Lipinski definition) is 2. The number of ether oxygens (including phenoxy) is 1.